The molecule has 0 saturated heterocycles. The van der Waals surface area contributed by atoms with Crippen molar-refractivity contribution in [2.24, 2.45) is 5.10 Å². The van der Waals surface area contributed by atoms with Crippen LogP contribution in [-0.2, 0) is 13.0 Å². The highest BCUT2D eigenvalue weighted by Crippen LogP contribution is 2.22. The van der Waals surface area contributed by atoms with Crippen LogP contribution >= 0.6 is 11.3 Å². The molecule has 0 unspecified atom stereocenters. The summed E-state index contributed by atoms with van der Waals surface area (Å²) in [5.74, 6) is 0.569. The minimum absolute atomic E-state index is 0.234. The van der Waals surface area contributed by atoms with Crippen molar-refractivity contribution in [2.75, 3.05) is 0 Å². The molecule has 1 aromatic heterocycles. The van der Waals surface area contributed by atoms with Crippen molar-refractivity contribution in [2.45, 2.75) is 33.3 Å². The molecule has 1 amide bonds. The lowest BCUT2D eigenvalue weighted by atomic mass is 10.1. The van der Waals surface area contributed by atoms with Gasteiger partial charge in [0.2, 0.25) is 0 Å². The zero-order valence-electron chi connectivity index (χ0n) is 18.3. The molecule has 162 valence electrons. The molecular formula is C27H26N2O2S. The quantitative estimate of drug-likeness (QED) is 0.247. The van der Waals surface area contributed by atoms with Crippen LogP contribution in [0.25, 0.3) is 10.8 Å². The van der Waals surface area contributed by atoms with Crippen molar-refractivity contribution < 1.29 is 9.53 Å². The lowest BCUT2D eigenvalue weighted by Crippen LogP contribution is -2.19. The van der Waals surface area contributed by atoms with Gasteiger partial charge in [-0.3, -0.25) is 4.79 Å². The molecule has 0 saturated carbocycles. The van der Waals surface area contributed by atoms with E-state index in [1.807, 2.05) is 55.5 Å². The lowest BCUT2D eigenvalue weighted by molar-refractivity contribution is 0.0954. The minimum atomic E-state index is -0.234. The van der Waals surface area contributed by atoms with Crippen molar-refractivity contribution >= 4 is 33.7 Å². The van der Waals surface area contributed by atoms with Gasteiger partial charge in [0.25, 0.3) is 5.91 Å². The molecule has 5 heteroatoms. The standard InChI is InChI=1S/C27H26N2O2S/c1-3-7-25-14-15-26(32-25)19(2)28-29-27(30)23-11-6-8-20(16-23)18-31-24-13-12-21-9-4-5-10-22(21)17-24/h4-6,8-17H,3,7,18H2,1-2H3,(H,29,30)/b28-19+. The Kier molecular flexibility index (Phi) is 6.97. The number of hydrogen-bond donors (Lipinski definition) is 1. The number of ether oxygens (including phenoxy) is 1. The number of amides is 1. The van der Waals surface area contributed by atoms with E-state index in [0.29, 0.717) is 12.2 Å². The van der Waals surface area contributed by atoms with Crippen LogP contribution in [0.3, 0.4) is 0 Å². The molecule has 0 aliphatic heterocycles. The first-order valence-electron chi connectivity index (χ1n) is 10.8. The van der Waals surface area contributed by atoms with Gasteiger partial charge in [-0.05, 0) is 66.1 Å². The Labute approximate surface area is 192 Å². The third-order valence-electron chi connectivity index (χ3n) is 5.16. The summed E-state index contributed by atoms with van der Waals surface area (Å²) < 4.78 is 5.96. The molecule has 3 aromatic carbocycles. The number of hydrogen-bond acceptors (Lipinski definition) is 4. The van der Waals surface area contributed by atoms with Gasteiger partial charge in [-0.25, -0.2) is 5.43 Å². The van der Waals surface area contributed by atoms with Gasteiger partial charge in [0, 0.05) is 10.4 Å². The summed E-state index contributed by atoms with van der Waals surface area (Å²) in [7, 11) is 0. The van der Waals surface area contributed by atoms with Crippen molar-refractivity contribution in [1.29, 1.82) is 0 Å². The molecule has 0 atom stereocenters. The normalized spacial score (nSPS) is 11.5. The van der Waals surface area contributed by atoms with E-state index in [2.05, 4.69) is 41.7 Å². The number of rotatable bonds is 8. The van der Waals surface area contributed by atoms with E-state index in [4.69, 9.17) is 4.74 Å². The Morgan fingerprint density at radius 1 is 0.969 bits per heavy atom. The fourth-order valence-corrected chi connectivity index (χ4v) is 4.49. The predicted octanol–water partition coefficient (Wildman–Crippen LogP) is 6.59. The molecular weight excluding hydrogens is 416 g/mol. The van der Waals surface area contributed by atoms with Crippen molar-refractivity contribution in [3.8, 4) is 5.75 Å². The van der Waals surface area contributed by atoms with Gasteiger partial charge in [-0.15, -0.1) is 11.3 Å². The van der Waals surface area contributed by atoms with Crippen molar-refractivity contribution in [1.82, 2.24) is 5.43 Å². The molecule has 4 rings (SSSR count). The van der Waals surface area contributed by atoms with Gasteiger partial charge in [-0.1, -0.05) is 55.8 Å². The van der Waals surface area contributed by atoms with E-state index in [9.17, 15) is 4.79 Å². The number of thiophene rings is 1. The van der Waals surface area contributed by atoms with E-state index in [-0.39, 0.29) is 5.91 Å². The fourth-order valence-electron chi connectivity index (χ4n) is 3.43. The van der Waals surface area contributed by atoms with Gasteiger partial charge in [0.05, 0.1) is 10.6 Å². The van der Waals surface area contributed by atoms with Gasteiger partial charge in [0.1, 0.15) is 12.4 Å². The Morgan fingerprint density at radius 2 is 1.81 bits per heavy atom. The van der Waals surface area contributed by atoms with Crippen LogP contribution in [0.1, 0.15) is 45.9 Å². The fraction of sp³-hybridized carbons (Fsp3) is 0.185. The number of hydrazone groups is 1. The molecule has 4 nitrogen and oxygen atoms in total. The summed E-state index contributed by atoms with van der Waals surface area (Å²) in [5.41, 5.74) is 4.96. The summed E-state index contributed by atoms with van der Waals surface area (Å²) in [6.45, 7) is 4.47. The molecule has 0 fully saturated rings. The molecule has 4 aromatic rings. The van der Waals surface area contributed by atoms with Crippen LogP contribution in [0, 0.1) is 0 Å². The second kappa shape index (κ2) is 10.2. The number of nitrogens with one attached hydrogen (secondary N) is 1. The average molecular weight is 443 g/mol. The second-order valence-corrected chi connectivity index (χ2v) is 8.82. The molecule has 1 heterocycles. The first-order valence-corrected chi connectivity index (χ1v) is 11.6. The van der Waals surface area contributed by atoms with E-state index < -0.39 is 0 Å². The van der Waals surface area contributed by atoms with Crippen LogP contribution in [0.2, 0.25) is 0 Å². The van der Waals surface area contributed by atoms with Crippen LogP contribution in [0.4, 0.5) is 0 Å². The van der Waals surface area contributed by atoms with Crippen molar-refractivity contribution in [3.63, 3.8) is 0 Å². The highest BCUT2D eigenvalue weighted by molar-refractivity contribution is 7.14. The molecule has 0 aliphatic carbocycles. The summed E-state index contributed by atoms with van der Waals surface area (Å²) in [6.07, 6.45) is 2.19. The van der Waals surface area contributed by atoms with Gasteiger partial charge >= 0.3 is 0 Å². The number of aryl methyl sites for hydroxylation is 1. The summed E-state index contributed by atoms with van der Waals surface area (Å²) in [5, 5.41) is 6.61. The molecule has 0 spiro atoms. The number of carbonyl (C=O) groups excluding carboxylic acids is 1. The van der Waals surface area contributed by atoms with Gasteiger partial charge < -0.3 is 4.74 Å². The highest BCUT2D eigenvalue weighted by Gasteiger charge is 2.08. The first-order chi connectivity index (χ1) is 15.6. The van der Waals surface area contributed by atoms with E-state index in [1.54, 1.807) is 17.4 Å². The lowest BCUT2D eigenvalue weighted by Gasteiger charge is -2.09. The topological polar surface area (TPSA) is 50.7 Å². The maximum absolute atomic E-state index is 12.6. The number of nitrogens with zero attached hydrogens (tertiary/aromatic N) is 1. The predicted molar refractivity (Wildman–Crippen MR) is 133 cm³/mol. The van der Waals surface area contributed by atoms with E-state index in [1.165, 1.54) is 10.3 Å². The monoisotopic (exact) mass is 442 g/mol. The highest BCUT2D eigenvalue weighted by atomic mass is 32.1. The Bertz CT molecular complexity index is 1260. The third kappa shape index (κ3) is 5.42. The molecule has 0 radical (unpaired) electrons. The Morgan fingerprint density at radius 3 is 2.66 bits per heavy atom. The van der Waals surface area contributed by atoms with Crippen LogP contribution < -0.4 is 10.2 Å². The number of benzene rings is 3. The molecule has 32 heavy (non-hydrogen) atoms. The zero-order valence-corrected chi connectivity index (χ0v) is 19.1. The summed E-state index contributed by atoms with van der Waals surface area (Å²) in [6, 6.07) is 25.8. The van der Waals surface area contributed by atoms with Gasteiger partial charge in [0.15, 0.2) is 0 Å². The summed E-state index contributed by atoms with van der Waals surface area (Å²) >= 11 is 1.72. The molecule has 1 N–H and O–H groups in total. The first kappa shape index (κ1) is 21.8. The number of fused-ring (bicyclic) bond motifs is 1. The van der Waals surface area contributed by atoms with Crippen LogP contribution in [-0.4, -0.2) is 11.6 Å². The van der Waals surface area contributed by atoms with Crippen LogP contribution in [0.15, 0.2) is 84.0 Å². The maximum Gasteiger partial charge on any atom is 0.271 e. The smallest absolute Gasteiger partial charge is 0.271 e. The number of carbonyl (C=O) groups is 1. The molecule has 0 bridgehead atoms. The third-order valence-corrected chi connectivity index (χ3v) is 6.41. The minimum Gasteiger partial charge on any atom is -0.489 e. The SMILES string of the molecule is CCCc1ccc(/C(C)=N/NC(=O)c2cccc(COc3ccc4ccccc4c3)c2)s1. The average Bonchev–Trinajstić information content (AvgIpc) is 3.30. The van der Waals surface area contributed by atoms with Gasteiger partial charge in [-0.2, -0.15) is 5.10 Å². The van der Waals surface area contributed by atoms with Crippen molar-refractivity contribution in [3.05, 3.63) is 99.7 Å². The summed E-state index contributed by atoms with van der Waals surface area (Å²) in [4.78, 5) is 15.0. The largest absolute Gasteiger partial charge is 0.489 e. The van der Waals surface area contributed by atoms with E-state index in [0.717, 1.165) is 40.1 Å². The zero-order chi connectivity index (χ0) is 22.3. The Hall–Kier alpha value is -3.44. The van der Waals surface area contributed by atoms with Crippen LogP contribution in [0.5, 0.6) is 5.75 Å². The second-order valence-electron chi connectivity index (χ2n) is 7.65. The maximum atomic E-state index is 12.6. The molecule has 0 aliphatic rings. The van der Waals surface area contributed by atoms with E-state index >= 15 is 0 Å². The Balaban J connectivity index is 1.38.